The number of carbonyl (C=O) groups excluding carboxylic acids is 1. The molecule has 136 valence electrons. The van der Waals surface area contributed by atoms with E-state index in [0.29, 0.717) is 13.2 Å². The molecule has 0 heterocycles. The second kappa shape index (κ2) is 21.2. The molecule has 0 aromatic carbocycles. The number of allylic oxidation sites excluding steroid dienone is 1. The number of ether oxygens (including phenoxy) is 2. The van der Waals surface area contributed by atoms with Crippen LogP contribution in [0.15, 0.2) is 12.3 Å². The van der Waals surface area contributed by atoms with Gasteiger partial charge in [0.05, 0.1) is 12.9 Å². The zero-order chi connectivity index (χ0) is 16.8. The number of aldehydes is 1. The van der Waals surface area contributed by atoms with Crippen LogP contribution in [0.5, 0.6) is 0 Å². The van der Waals surface area contributed by atoms with Gasteiger partial charge in [0.2, 0.25) is 0 Å². The van der Waals surface area contributed by atoms with Gasteiger partial charge in [-0.2, -0.15) is 0 Å². The minimum atomic E-state index is 0.373. The molecule has 3 heteroatoms. The summed E-state index contributed by atoms with van der Waals surface area (Å²) in [7, 11) is 0. The Morgan fingerprint density at radius 3 is 2.04 bits per heavy atom. The van der Waals surface area contributed by atoms with Gasteiger partial charge in [0.25, 0.3) is 0 Å². The van der Waals surface area contributed by atoms with E-state index in [9.17, 15) is 4.79 Å². The Bertz CT molecular complexity index is 251. The van der Waals surface area contributed by atoms with Crippen LogP contribution in [0.3, 0.4) is 0 Å². The van der Waals surface area contributed by atoms with E-state index in [4.69, 9.17) is 9.47 Å². The van der Waals surface area contributed by atoms with E-state index in [1.807, 2.05) is 0 Å². The van der Waals surface area contributed by atoms with Gasteiger partial charge in [-0.1, -0.05) is 64.7 Å². The van der Waals surface area contributed by atoms with Crippen molar-refractivity contribution in [1.82, 2.24) is 0 Å². The highest BCUT2D eigenvalue weighted by Crippen LogP contribution is 2.07. The summed E-state index contributed by atoms with van der Waals surface area (Å²) in [6.45, 7) is 3.43. The molecule has 0 bridgehead atoms. The normalized spacial score (nSPS) is 11.2. The summed E-state index contributed by atoms with van der Waals surface area (Å²) >= 11 is 0. The number of hydrogen-bond donors (Lipinski definition) is 0. The van der Waals surface area contributed by atoms with Crippen molar-refractivity contribution in [3.63, 3.8) is 0 Å². The third-order valence-corrected chi connectivity index (χ3v) is 3.93. The van der Waals surface area contributed by atoms with Crippen molar-refractivity contribution in [2.75, 3.05) is 13.4 Å². The van der Waals surface area contributed by atoms with Crippen molar-refractivity contribution in [1.29, 1.82) is 0 Å². The van der Waals surface area contributed by atoms with Gasteiger partial charge in [0, 0.05) is 6.42 Å². The number of rotatable bonds is 19. The fourth-order valence-corrected chi connectivity index (χ4v) is 2.46. The smallest absolute Gasteiger partial charge is 0.188 e. The predicted octanol–water partition coefficient (Wildman–Crippen LogP) is 6.17. The highest BCUT2D eigenvalue weighted by Gasteiger charge is 1.92. The lowest BCUT2D eigenvalue weighted by atomic mass is 10.1. The first kappa shape index (κ1) is 22.2. The lowest BCUT2D eigenvalue weighted by molar-refractivity contribution is -0.107. The summed E-state index contributed by atoms with van der Waals surface area (Å²) in [5.74, 6) is 0. The lowest BCUT2D eigenvalue weighted by Crippen LogP contribution is -1.98. The maximum atomic E-state index is 10.2. The average molecular weight is 327 g/mol. The Hall–Kier alpha value is -0.830. The van der Waals surface area contributed by atoms with Crippen LogP contribution in [-0.2, 0) is 14.3 Å². The van der Waals surface area contributed by atoms with E-state index in [2.05, 4.69) is 13.0 Å². The monoisotopic (exact) mass is 326 g/mol. The molecule has 0 spiro atoms. The molecular formula is C20H38O3. The molecule has 0 aromatic heterocycles. The maximum absolute atomic E-state index is 10.2. The van der Waals surface area contributed by atoms with Crippen LogP contribution in [0.4, 0.5) is 0 Å². The first-order chi connectivity index (χ1) is 11.4. The van der Waals surface area contributed by atoms with E-state index in [0.717, 1.165) is 32.2 Å². The topological polar surface area (TPSA) is 35.5 Å². The second-order valence-corrected chi connectivity index (χ2v) is 6.20. The van der Waals surface area contributed by atoms with E-state index in [1.165, 1.54) is 64.2 Å². The minimum absolute atomic E-state index is 0.373. The zero-order valence-corrected chi connectivity index (χ0v) is 15.3. The van der Waals surface area contributed by atoms with Crippen molar-refractivity contribution >= 4 is 6.29 Å². The molecule has 23 heavy (non-hydrogen) atoms. The Labute approximate surface area is 143 Å². The summed E-state index contributed by atoms with van der Waals surface area (Å²) in [6, 6.07) is 0. The first-order valence-corrected chi connectivity index (χ1v) is 9.69. The molecule has 0 saturated heterocycles. The third kappa shape index (κ3) is 21.2. The highest BCUT2D eigenvalue weighted by atomic mass is 16.7. The number of carbonyl (C=O) groups is 1. The van der Waals surface area contributed by atoms with E-state index in [-0.39, 0.29) is 0 Å². The third-order valence-electron chi connectivity index (χ3n) is 3.93. The van der Waals surface area contributed by atoms with Gasteiger partial charge in [-0.25, -0.2) is 0 Å². The molecule has 0 atom stereocenters. The van der Waals surface area contributed by atoms with Crippen molar-refractivity contribution in [3.05, 3.63) is 12.3 Å². The van der Waals surface area contributed by atoms with Crippen molar-refractivity contribution < 1.29 is 14.3 Å². The van der Waals surface area contributed by atoms with Crippen molar-refractivity contribution in [2.45, 2.75) is 96.8 Å². The molecule has 0 radical (unpaired) electrons. The van der Waals surface area contributed by atoms with Crippen LogP contribution in [0.1, 0.15) is 96.8 Å². The fourth-order valence-electron chi connectivity index (χ4n) is 2.46. The van der Waals surface area contributed by atoms with Crippen molar-refractivity contribution in [2.24, 2.45) is 0 Å². The number of unbranched alkanes of at least 4 members (excludes halogenated alkanes) is 12. The Balaban J connectivity index is 3.04. The summed E-state index contributed by atoms with van der Waals surface area (Å²) in [4.78, 5) is 10.2. The van der Waals surface area contributed by atoms with Crippen molar-refractivity contribution in [3.8, 4) is 0 Å². The molecule has 0 unspecified atom stereocenters. The standard InChI is InChI=1S/C20H38O3/c1-2-3-4-5-9-12-15-18-22-20-23-19-16-13-10-7-6-8-11-14-17-21/h16-17,19H,2-15,18,20H2,1H3. The SMILES string of the molecule is CCCCCCCCCOCOC=CCCCCCCCC=O. The lowest BCUT2D eigenvalue weighted by Gasteiger charge is -2.04. The van der Waals surface area contributed by atoms with Gasteiger partial charge in [0.15, 0.2) is 6.79 Å². The Morgan fingerprint density at radius 2 is 1.35 bits per heavy atom. The summed E-state index contributed by atoms with van der Waals surface area (Å²) in [5.41, 5.74) is 0. The van der Waals surface area contributed by atoms with Gasteiger partial charge in [0.1, 0.15) is 6.29 Å². The maximum Gasteiger partial charge on any atom is 0.188 e. The zero-order valence-electron chi connectivity index (χ0n) is 15.3. The molecule has 0 aliphatic heterocycles. The van der Waals surface area contributed by atoms with Crippen LogP contribution in [-0.4, -0.2) is 19.7 Å². The first-order valence-electron chi connectivity index (χ1n) is 9.69. The molecule has 3 nitrogen and oxygen atoms in total. The second-order valence-electron chi connectivity index (χ2n) is 6.20. The van der Waals surface area contributed by atoms with E-state index in [1.54, 1.807) is 6.26 Å². The summed E-state index contributed by atoms with van der Waals surface area (Å²) in [6.07, 6.45) is 21.7. The molecular weight excluding hydrogens is 288 g/mol. The molecule has 0 fully saturated rings. The number of hydrogen-bond acceptors (Lipinski definition) is 3. The molecule has 0 aliphatic rings. The highest BCUT2D eigenvalue weighted by molar-refractivity contribution is 5.48. The molecule has 0 amide bonds. The summed E-state index contributed by atoms with van der Waals surface area (Å²) in [5, 5.41) is 0. The van der Waals surface area contributed by atoms with Gasteiger partial charge in [-0.15, -0.1) is 0 Å². The van der Waals surface area contributed by atoms with E-state index < -0.39 is 0 Å². The fraction of sp³-hybridized carbons (Fsp3) is 0.850. The van der Waals surface area contributed by atoms with Gasteiger partial charge >= 0.3 is 0 Å². The molecule has 0 aliphatic carbocycles. The minimum Gasteiger partial charge on any atom is -0.475 e. The molecule has 0 saturated carbocycles. The van der Waals surface area contributed by atoms with Gasteiger partial charge < -0.3 is 14.3 Å². The van der Waals surface area contributed by atoms with E-state index >= 15 is 0 Å². The van der Waals surface area contributed by atoms with Crippen LogP contribution in [0.2, 0.25) is 0 Å². The van der Waals surface area contributed by atoms with Gasteiger partial charge in [-0.05, 0) is 31.8 Å². The van der Waals surface area contributed by atoms with Crippen LogP contribution >= 0.6 is 0 Å². The predicted molar refractivity (Wildman–Crippen MR) is 97.4 cm³/mol. The molecule has 0 N–H and O–H groups in total. The Kier molecular flexibility index (Phi) is 20.4. The Morgan fingerprint density at radius 1 is 0.739 bits per heavy atom. The van der Waals surface area contributed by atoms with Gasteiger partial charge in [-0.3, -0.25) is 0 Å². The quantitative estimate of drug-likeness (QED) is 0.123. The largest absolute Gasteiger partial charge is 0.475 e. The molecule has 0 aromatic rings. The summed E-state index contributed by atoms with van der Waals surface area (Å²) < 4.78 is 10.8. The molecule has 0 rings (SSSR count). The van der Waals surface area contributed by atoms with Crippen LogP contribution in [0.25, 0.3) is 0 Å². The van der Waals surface area contributed by atoms with Crippen LogP contribution < -0.4 is 0 Å². The average Bonchev–Trinajstić information content (AvgIpc) is 2.57. The van der Waals surface area contributed by atoms with Crippen LogP contribution in [0, 0.1) is 0 Å².